The molecule has 2 aromatic carbocycles. The number of para-hydroxylation sites is 1. The number of anilines is 1. The molecule has 0 fully saturated rings. The maximum atomic E-state index is 12.8. The van der Waals surface area contributed by atoms with Crippen LogP contribution in [-0.4, -0.2) is 39.0 Å². The van der Waals surface area contributed by atoms with Crippen molar-refractivity contribution in [2.24, 2.45) is 9.98 Å². The number of carbonyl (C=O) groups is 2. The van der Waals surface area contributed by atoms with Crippen LogP contribution in [0, 0.1) is 0 Å². The van der Waals surface area contributed by atoms with Crippen LogP contribution in [0.3, 0.4) is 0 Å². The second-order valence-electron chi connectivity index (χ2n) is 6.72. The summed E-state index contributed by atoms with van der Waals surface area (Å²) < 4.78 is 0. The minimum Gasteiger partial charge on any atom is -0.325 e. The highest BCUT2D eigenvalue weighted by Gasteiger charge is 2.40. The van der Waals surface area contributed by atoms with Crippen LogP contribution >= 0.6 is 23.4 Å². The molecule has 2 aliphatic rings. The van der Waals surface area contributed by atoms with Gasteiger partial charge >= 0.3 is 0 Å². The molecule has 0 radical (unpaired) electrons. The molecule has 2 heterocycles. The monoisotopic (exact) mass is 426 g/mol. The van der Waals surface area contributed by atoms with Crippen molar-refractivity contribution >= 4 is 57.6 Å². The topological polar surface area (TPSA) is 74.1 Å². The normalized spacial score (nSPS) is 18.5. The largest absolute Gasteiger partial charge is 0.325 e. The van der Waals surface area contributed by atoms with Crippen molar-refractivity contribution < 1.29 is 9.59 Å². The number of nitrogens with one attached hydrogen (secondary N) is 1. The molecule has 0 aliphatic carbocycles. The lowest BCUT2D eigenvalue weighted by Gasteiger charge is -2.27. The molecule has 8 heteroatoms. The zero-order valence-electron chi connectivity index (χ0n) is 15.9. The number of hydrogen-bond acceptors (Lipinski definition) is 5. The lowest BCUT2D eigenvalue weighted by Crippen LogP contribution is -2.42. The molecule has 0 spiro atoms. The summed E-state index contributed by atoms with van der Waals surface area (Å²) in [6.45, 7) is 3.70. The lowest BCUT2D eigenvalue weighted by atomic mass is 10.1. The van der Waals surface area contributed by atoms with E-state index in [0.29, 0.717) is 28.1 Å². The van der Waals surface area contributed by atoms with Gasteiger partial charge in [0.2, 0.25) is 5.91 Å². The molecule has 148 valence electrons. The third kappa shape index (κ3) is 3.80. The van der Waals surface area contributed by atoms with E-state index < -0.39 is 11.3 Å². The van der Waals surface area contributed by atoms with Gasteiger partial charge in [0, 0.05) is 16.3 Å². The molecule has 4 rings (SSSR count). The van der Waals surface area contributed by atoms with E-state index in [2.05, 4.69) is 15.3 Å². The molecule has 2 amide bonds. The molecule has 2 atom stereocenters. The number of thioether (sulfide) groups is 1. The number of nitrogens with zero attached hydrogens (tertiary/aromatic N) is 3. The van der Waals surface area contributed by atoms with Crippen molar-refractivity contribution in [1.82, 2.24) is 4.90 Å². The number of benzene rings is 2. The second-order valence-corrected chi connectivity index (χ2v) is 8.33. The Labute approximate surface area is 178 Å². The van der Waals surface area contributed by atoms with Crippen molar-refractivity contribution in [1.29, 1.82) is 0 Å². The van der Waals surface area contributed by atoms with Crippen molar-refractivity contribution in [3.05, 3.63) is 59.1 Å². The van der Waals surface area contributed by atoms with Crippen molar-refractivity contribution in [2.45, 2.75) is 31.6 Å². The van der Waals surface area contributed by atoms with Crippen LogP contribution in [-0.2, 0) is 9.59 Å². The summed E-state index contributed by atoms with van der Waals surface area (Å²) in [5.74, 6) is 0.317. The standard InChI is InChI=1S/C21H19ClN4O2S/c1-3-17(19(27)24-14-10-8-13(22)9-11-14)29-21-25-16-7-5-4-6-15(16)18-23-12(2)20(28)26(18)21/h4-12,17H,3H2,1-2H3,(H,24,27)/t12-,17-/m0/s1. The lowest BCUT2D eigenvalue weighted by molar-refractivity contribution is -0.124. The van der Waals surface area contributed by atoms with Crippen LogP contribution in [0.5, 0.6) is 0 Å². The van der Waals surface area contributed by atoms with E-state index in [4.69, 9.17) is 11.6 Å². The Morgan fingerprint density at radius 2 is 1.97 bits per heavy atom. The fraction of sp³-hybridized carbons (Fsp3) is 0.238. The van der Waals surface area contributed by atoms with Gasteiger partial charge in [0.1, 0.15) is 11.9 Å². The molecule has 6 nitrogen and oxygen atoms in total. The first kappa shape index (κ1) is 19.7. The maximum absolute atomic E-state index is 12.8. The summed E-state index contributed by atoms with van der Waals surface area (Å²) in [7, 11) is 0. The smallest absolute Gasteiger partial charge is 0.258 e. The van der Waals surface area contributed by atoms with Crippen LogP contribution in [0.1, 0.15) is 25.8 Å². The second kappa shape index (κ2) is 8.00. The number of aliphatic imine (C=N–C) groups is 2. The van der Waals surface area contributed by atoms with Gasteiger partial charge in [-0.1, -0.05) is 42.4 Å². The van der Waals surface area contributed by atoms with Crippen molar-refractivity contribution in [2.75, 3.05) is 5.32 Å². The molecule has 0 unspecified atom stereocenters. The highest BCUT2D eigenvalue weighted by atomic mass is 35.5. The van der Waals surface area contributed by atoms with Gasteiger partial charge < -0.3 is 5.32 Å². The Bertz CT molecular complexity index is 1040. The number of rotatable bonds is 4. The van der Waals surface area contributed by atoms with Gasteiger partial charge in [-0.25, -0.2) is 9.89 Å². The SMILES string of the molecule is CC[C@H](SC1=Nc2ccccc2C2=N[C@@H](C)C(=O)N12)C(=O)Nc1ccc(Cl)cc1. The molecule has 0 bridgehead atoms. The highest BCUT2D eigenvalue weighted by molar-refractivity contribution is 8.15. The van der Waals surface area contributed by atoms with Crippen LogP contribution in [0.4, 0.5) is 11.4 Å². The Kier molecular flexibility index (Phi) is 5.43. The van der Waals surface area contributed by atoms with Crippen LogP contribution in [0.2, 0.25) is 5.02 Å². The quantitative estimate of drug-likeness (QED) is 0.783. The van der Waals surface area contributed by atoms with Gasteiger partial charge in [-0.2, -0.15) is 0 Å². The Balaban J connectivity index is 1.60. The number of amidine groups is 2. The van der Waals surface area contributed by atoms with Gasteiger partial charge in [0.25, 0.3) is 5.91 Å². The third-order valence-electron chi connectivity index (χ3n) is 4.68. The molecule has 0 saturated heterocycles. The minimum absolute atomic E-state index is 0.131. The molecular weight excluding hydrogens is 408 g/mol. The average molecular weight is 427 g/mol. The van der Waals surface area contributed by atoms with E-state index in [1.807, 2.05) is 31.2 Å². The molecule has 0 aromatic heterocycles. The predicted molar refractivity (Wildman–Crippen MR) is 118 cm³/mol. The van der Waals surface area contributed by atoms with Gasteiger partial charge in [0.05, 0.1) is 10.9 Å². The number of carbonyl (C=O) groups excluding carboxylic acids is 2. The number of halogens is 1. The molecule has 2 aromatic rings. The van der Waals surface area contributed by atoms with E-state index in [1.165, 1.54) is 16.7 Å². The third-order valence-corrected chi connectivity index (χ3v) is 6.25. The molecule has 2 aliphatic heterocycles. The predicted octanol–water partition coefficient (Wildman–Crippen LogP) is 4.47. The summed E-state index contributed by atoms with van der Waals surface area (Å²) in [5, 5.41) is 3.57. The van der Waals surface area contributed by atoms with Gasteiger partial charge in [-0.3, -0.25) is 14.6 Å². The molecule has 29 heavy (non-hydrogen) atoms. The highest BCUT2D eigenvalue weighted by Crippen LogP contribution is 2.35. The minimum atomic E-state index is -0.468. The van der Waals surface area contributed by atoms with Crippen LogP contribution < -0.4 is 5.32 Å². The fourth-order valence-electron chi connectivity index (χ4n) is 3.16. The summed E-state index contributed by atoms with van der Waals surface area (Å²) in [4.78, 5) is 36.3. The van der Waals surface area contributed by atoms with Gasteiger partial charge in [-0.05, 0) is 49.7 Å². The van der Waals surface area contributed by atoms with Crippen LogP contribution in [0.25, 0.3) is 0 Å². The Hall–Kier alpha value is -2.64. The van der Waals surface area contributed by atoms with E-state index in [-0.39, 0.29) is 11.8 Å². The number of fused-ring (bicyclic) bond motifs is 3. The van der Waals surface area contributed by atoms with Crippen LogP contribution in [0.15, 0.2) is 58.5 Å². The number of hydrogen-bond donors (Lipinski definition) is 1. The molecular formula is C21H19ClN4O2S. The summed E-state index contributed by atoms with van der Waals surface area (Å²) in [6, 6.07) is 14.1. The van der Waals surface area contributed by atoms with Gasteiger partial charge in [0.15, 0.2) is 5.17 Å². The summed E-state index contributed by atoms with van der Waals surface area (Å²) >= 11 is 7.18. The summed E-state index contributed by atoms with van der Waals surface area (Å²) in [5.41, 5.74) is 2.25. The zero-order chi connectivity index (χ0) is 20.5. The molecule has 0 saturated carbocycles. The number of amides is 2. The van der Waals surface area contributed by atoms with E-state index in [1.54, 1.807) is 31.2 Å². The van der Waals surface area contributed by atoms with Crippen molar-refractivity contribution in [3.63, 3.8) is 0 Å². The average Bonchev–Trinajstić information content (AvgIpc) is 3.03. The fourth-order valence-corrected chi connectivity index (χ4v) is 4.31. The maximum Gasteiger partial charge on any atom is 0.258 e. The Morgan fingerprint density at radius 3 is 2.69 bits per heavy atom. The Morgan fingerprint density at radius 1 is 1.24 bits per heavy atom. The zero-order valence-corrected chi connectivity index (χ0v) is 17.5. The van der Waals surface area contributed by atoms with Crippen molar-refractivity contribution in [3.8, 4) is 0 Å². The first-order valence-corrected chi connectivity index (χ1v) is 10.6. The van der Waals surface area contributed by atoms with Gasteiger partial charge in [-0.15, -0.1) is 0 Å². The first-order valence-electron chi connectivity index (χ1n) is 9.31. The first-order chi connectivity index (χ1) is 14.0. The molecule has 1 N–H and O–H groups in total. The van der Waals surface area contributed by atoms with E-state index in [0.717, 1.165) is 11.3 Å². The van der Waals surface area contributed by atoms with E-state index >= 15 is 0 Å². The summed E-state index contributed by atoms with van der Waals surface area (Å²) in [6.07, 6.45) is 0.578. The van der Waals surface area contributed by atoms with E-state index in [9.17, 15) is 9.59 Å².